The largest absolute Gasteiger partial charge is 0.390 e. The SMILES string of the molecule is CC(NS(=O)(=O)c1cc(CO)n(C2CC2)c1)c1nn[nH]n1. The molecule has 3 rings (SSSR count). The van der Waals surface area contributed by atoms with Crippen molar-refractivity contribution in [3.05, 3.63) is 23.8 Å². The maximum atomic E-state index is 12.4. The summed E-state index contributed by atoms with van der Waals surface area (Å²) in [5, 5.41) is 22.5. The van der Waals surface area contributed by atoms with Crippen molar-refractivity contribution in [2.75, 3.05) is 0 Å². The highest BCUT2D eigenvalue weighted by molar-refractivity contribution is 7.89. The Morgan fingerprint density at radius 3 is 2.90 bits per heavy atom. The normalized spacial score (nSPS) is 17.0. The predicted molar refractivity (Wildman–Crippen MR) is 71.5 cm³/mol. The molecule has 9 nitrogen and oxygen atoms in total. The van der Waals surface area contributed by atoms with E-state index in [4.69, 9.17) is 0 Å². The molecule has 1 fully saturated rings. The van der Waals surface area contributed by atoms with Gasteiger partial charge in [-0.05, 0) is 25.8 Å². The smallest absolute Gasteiger partial charge is 0.242 e. The minimum Gasteiger partial charge on any atom is -0.390 e. The molecule has 0 aromatic carbocycles. The lowest BCUT2D eigenvalue weighted by atomic mass is 10.4. The minimum absolute atomic E-state index is 0.133. The van der Waals surface area contributed by atoms with Gasteiger partial charge in [0.1, 0.15) is 4.90 Å². The molecule has 0 bridgehead atoms. The summed E-state index contributed by atoms with van der Waals surface area (Å²) < 4.78 is 29.1. The summed E-state index contributed by atoms with van der Waals surface area (Å²) in [6, 6.07) is 1.19. The van der Waals surface area contributed by atoms with E-state index in [-0.39, 0.29) is 17.3 Å². The quantitative estimate of drug-likeness (QED) is 0.682. The molecular weight excluding hydrogens is 296 g/mol. The van der Waals surface area contributed by atoms with Crippen LogP contribution in [0.3, 0.4) is 0 Å². The number of aliphatic hydroxyl groups excluding tert-OH is 1. The van der Waals surface area contributed by atoms with Crippen molar-refractivity contribution in [3.8, 4) is 0 Å². The van der Waals surface area contributed by atoms with Crippen molar-refractivity contribution in [3.63, 3.8) is 0 Å². The highest BCUT2D eigenvalue weighted by Crippen LogP contribution is 2.37. The number of nitrogens with zero attached hydrogens (tertiary/aromatic N) is 4. The molecule has 1 atom stereocenters. The first-order chi connectivity index (χ1) is 10.0. The van der Waals surface area contributed by atoms with Crippen LogP contribution in [0.15, 0.2) is 17.2 Å². The molecule has 1 saturated carbocycles. The van der Waals surface area contributed by atoms with Crippen LogP contribution < -0.4 is 4.72 Å². The van der Waals surface area contributed by atoms with Crippen LogP contribution in [-0.2, 0) is 16.6 Å². The van der Waals surface area contributed by atoms with Crippen molar-refractivity contribution in [2.45, 2.75) is 43.4 Å². The Morgan fingerprint density at radius 1 is 1.57 bits per heavy atom. The van der Waals surface area contributed by atoms with Crippen LogP contribution in [0.5, 0.6) is 0 Å². The van der Waals surface area contributed by atoms with Crippen LogP contribution >= 0.6 is 0 Å². The van der Waals surface area contributed by atoms with Crippen molar-refractivity contribution in [1.29, 1.82) is 0 Å². The minimum atomic E-state index is -3.71. The number of sulfonamides is 1. The van der Waals surface area contributed by atoms with Crippen LogP contribution in [0, 0.1) is 0 Å². The van der Waals surface area contributed by atoms with Crippen LogP contribution in [-0.4, -0.2) is 38.7 Å². The molecule has 2 heterocycles. The van der Waals surface area contributed by atoms with Crippen molar-refractivity contribution in [1.82, 2.24) is 29.9 Å². The monoisotopic (exact) mass is 312 g/mol. The van der Waals surface area contributed by atoms with Gasteiger partial charge in [0.15, 0.2) is 5.82 Å². The van der Waals surface area contributed by atoms with Crippen molar-refractivity contribution in [2.24, 2.45) is 0 Å². The second kappa shape index (κ2) is 5.20. The van der Waals surface area contributed by atoms with E-state index in [2.05, 4.69) is 25.3 Å². The number of tetrazole rings is 1. The van der Waals surface area contributed by atoms with E-state index < -0.39 is 16.1 Å². The number of hydrogen-bond donors (Lipinski definition) is 3. The number of H-pyrrole nitrogens is 1. The molecule has 21 heavy (non-hydrogen) atoms. The van der Waals surface area contributed by atoms with Crippen LogP contribution in [0.4, 0.5) is 0 Å². The van der Waals surface area contributed by atoms with E-state index in [1.165, 1.54) is 6.07 Å². The van der Waals surface area contributed by atoms with Gasteiger partial charge in [-0.2, -0.15) is 5.21 Å². The zero-order chi connectivity index (χ0) is 15.0. The summed E-state index contributed by atoms with van der Waals surface area (Å²) in [5.41, 5.74) is 0.602. The van der Waals surface area contributed by atoms with Gasteiger partial charge in [0.05, 0.1) is 12.6 Å². The van der Waals surface area contributed by atoms with Crippen LogP contribution in [0.2, 0.25) is 0 Å². The Balaban J connectivity index is 1.84. The van der Waals surface area contributed by atoms with E-state index in [1.54, 1.807) is 13.1 Å². The lowest BCUT2D eigenvalue weighted by Crippen LogP contribution is -2.27. The van der Waals surface area contributed by atoms with E-state index in [0.29, 0.717) is 11.7 Å². The number of aromatic amines is 1. The zero-order valence-electron chi connectivity index (χ0n) is 11.4. The first kappa shape index (κ1) is 14.2. The van der Waals surface area contributed by atoms with Gasteiger partial charge in [-0.15, -0.1) is 10.2 Å². The standard InChI is InChI=1S/C11H16N6O3S/c1-7(11-12-15-16-13-11)14-21(19,20)10-4-9(6-18)17(5-10)8-2-3-8/h4-5,7-8,14,18H,2-3,6H2,1H3,(H,12,13,15,16). The highest BCUT2D eigenvalue weighted by atomic mass is 32.2. The molecule has 0 radical (unpaired) electrons. The molecule has 0 amide bonds. The molecule has 0 saturated heterocycles. The highest BCUT2D eigenvalue weighted by Gasteiger charge is 2.29. The molecular formula is C11H16N6O3S. The summed E-state index contributed by atoms with van der Waals surface area (Å²) in [7, 11) is -3.71. The van der Waals surface area contributed by atoms with Gasteiger partial charge in [-0.1, -0.05) is 5.21 Å². The Labute approximate surface area is 121 Å². The van der Waals surface area contributed by atoms with Gasteiger partial charge in [-0.3, -0.25) is 0 Å². The average Bonchev–Trinajstić information content (AvgIpc) is 2.98. The van der Waals surface area contributed by atoms with E-state index in [0.717, 1.165) is 12.8 Å². The predicted octanol–water partition coefficient (Wildman–Crippen LogP) is -0.132. The summed E-state index contributed by atoms with van der Waals surface area (Å²) in [4.78, 5) is 0.133. The van der Waals surface area contributed by atoms with Crippen LogP contribution in [0.1, 0.15) is 43.4 Å². The van der Waals surface area contributed by atoms with Crippen molar-refractivity contribution < 1.29 is 13.5 Å². The maximum Gasteiger partial charge on any atom is 0.242 e. The average molecular weight is 312 g/mol. The fourth-order valence-electron chi connectivity index (χ4n) is 2.17. The van der Waals surface area contributed by atoms with Gasteiger partial charge in [-0.25, -0.2) is 13.1 Å². The maximum absolute atomic E-state index is 12.4. The van der Waals surface area contributed by atoms with E-state index in [9.17, 15) is 13.5 Å². The third kappa shape index (κ3) is 2.82. The van der Waals surface area contributed by atoms with Gasteiger partial charge in [0.2, 0.25) is 10.0 Å². The first-order valence-corrected chi connectivity index (χ1v) is 8.07. The third-order valence-corrected chi connectivity index (χ3v) is 4.91. The van der Waals surface area contributed by atoms with Gasteiger partial charge < -0.3 is 9.67 Å². The summed E-state index contributed by atoms with van der Waals surface area (Å²) in [6.45, 7) is 1.44. The van der Waals surface area contributed by atoms with E-state index in [1.807, 2.05) is 4.57 Å². The van der Waals surface area contributed by atoms with Gasteiger partial charge >= 0.3 is 0 Å². The molecule has 1 unspecified atom stereocenters. The Morgan fingerprint density at radius 2 is 2.33 bits per heavy atom. The number of aliphatic hydroxyl groups is 1. The lowest BCUT2D eigenvalue weighted by molar-refractivity contribution is 0.270. The molecule has 10 heteroatoms. The Kier molecular flexibility index (Phi) is 3.51. The molecule has 0 aliphatic heterocycles. The number of aromatic nitrogens is 5. The molecule has 1 aliphatic rings. The zero-order valence-corrected chi connectivity index (χ0v) is 12.2. The number of nitrogens with one attached hydrogen (secondary N) is 2. The number of hydrogen-bond acceptors (Lipinski definition) is 6. The van der Waals surface area contributed by atoms with Gasteiger partial charge in [0, 0.05) is 17.9 Å². The Hall–Kier alpha value is -1.78. The van der Waals surface area contributed by atoms with Crippen molar-refractivity contribution >= 4 is 10.0 Å². The van der Waals surface area contributed by atoms with Gasteiger partial charge in [0.25, 0.3) is 0 Å². The summed E-state index contributed by atoms with van der Waals surface area (Å²) in [6.07, 6.45) is 3.58. The lowest BCUT2D eigenvalue weighted by Gasteiger charge is -2.09. The molecule has 1 aliphatic carbocycles. The molecule has 0 spiro atoms. The molecule has 2 aromatic rings. The molecule has 114 valence electrons. The summed E-state index contributed by atoms with van der Waals surface area (Å²) in [5.74, 6) is 0.266. The Bertz CT molecular complexity index is 719. The molecule has 2 aromatic heterocycles. The van der Waals surface area contributed by atoms with E-state index >= 15 is 0 Å². The second-order valence-corrected chi connectivity index (χ2v) is 6.79. The third-order valence-electron chi connectivity index (χ3n) is 3.40. The topological polar surface area (TPSA) is 126 Å². The fourth-order valence-corrected chi connectivity index (χ4v) is 3.42. The second-order valence-electron chi connectivity index (χ2n) is 5.08. The first-order valence-electron chi connectivity index (χ1n) is 6.58. The molecule has 3 N–H and O–H groups in total. The fraction of sp³-hybridized carbons (Fsp3) is 0.545. The number of rotatable bonds is 6. The summed E-state index contributed by atoms with van der Waals surface area (Å²) >= 11 is 0. The van der Waals surface area contributed by atoms with Crippen LogP contribution in [0.25, 0.3) is 0 Å².